The van der Waals surface area contributed by atoms with Gasteiger partial charge in [0.25, 0.3) is 0 Å². The summed E-state index contributed by atoms with van der Waals surface area (Å²) in [6.07, 6.45) is 4.32. The highest BCUT2D eigenvalue weighted by Crippen LogP contribution is 2.46. The van der Waals surface area contributed by atoms with Gasteiger partial charge < -0.3 is 10.1 Å². The normalized spacial score (nSPS) is 26.6. The summed E-state index contributed by atoms with van der Waals surface area (Å²) in [7, 11) is 1.44. The maximum Gasteiger partial charge on any atom is 0.311 e. The van der Waals surface area contributed by atoms with Crippen LogP contribution in [0.3, 0.4) is 0 Å². The van der Waals surface area contributed by atoms with E-state index in [1.165, 1.54) is 19.2 Å². The fourth-order valence-corrected chi connectivity index (χ4v) is 4.75. The lowest BCUT2D eigenvalue weighted by Gasteiger charge is -2.47. The first-order valence-corrected chi connectivity index (χ1v) is 9.58. The number of anilines is 1. The Kier molecular flexibility index (Phi) is 5.00. The van der Waals surface area contributed by atoms with E-state index < -0.39 is 0 Å². The molecule has 142 valence electrons. The van der Waals surface area contributed by atoms with Crippen molar-refractivity contribution >= 4 is 23.4 Å². The van der Waals surface area contributed by atoms with Gasteiger partial charge in [-0.2, -0.15) is 0 Å². The number of aromatic nitrogens is 2. The van der Waals surface area contributed by atoms with Gasteiger partial charge in [0.1, 0.15) is 11.6 Å². The third-order valence-corrected chi connectivity index (χ3v) is 6.01. The number of halogens is 2. The van der Waals surface area contributed by atoms with Gasteiger partial charge in [-0.25, -0.2) is 14.4 Å². The molecular formula is C20H21ClFN3O2. The van der Waals surface area contributed by atoms with E-state index in [2.05, 4.69) is 15.3 Å². The highest BCUT2D eigenvalue weighted by Gasteiger charge is 2.47. The summed E-state index contributed by atoms with van der Waals surface area (Å²) in [4.78, 5) is 20.9. The van der Waals surface area contributed by atoms with Crippen LogP contribution in [-0.2, 0) is 9.53 Å². The quantitative estimate of drug-likeness (QED) is 0.623. The van der Waals surface area contributed by atoms with E-state index in [9.17, 15) is 9.18 Å². The number of rotatable bonds is 4. The molecule has 2 bridgehead atoms. The number of carbonyl (C=O) groups excluding carboxylic acids is 1. The minimum Gasteiger partial charge on any atom is -0.469 e. The summed E-state index contributed by atoms with van der Waals surface area (Å²) >= 11 is 6.13. The summed E-state index contributed by atoms with van der Waals surface area (Å²) in [6, 6.07) is 7.82. The molecule has 5 rings (SSSR count). The summed E-state index contributed by atoms with van der Waals surface area (Å²) < 4.78 is 18.3. The predicted molar refractivity (Wildman–Crippen MR) is 101 cm³/mol. The van der Waals surface area contributed by atoms with Crippen molar-refractivity contribution in [3.05, 3.63) is 41.4 Å². The molecule has 3 aliphatic carbocycles. The average molecular weight is 390 g/mol. The Morgan fingerprint density at radius 3 is 2.48 bits per heavy atom. The van der Waals surface area contributed by atoms with E-state index in [1.807, 2.05) is 0 Å². The van der Waals surface area contributed by atoms with E-state index in [1.54, 1.807) is 18.2 Å². The average Bonchev–Trinajstić information content (AvgIpc) is 2.68. The van der Waals surface area contributed by atoms with Crippen molar-refractivity contribution in [2.75, 3.05) is 12.4 Å². The summed E-state index contributed by atoms with van der Waals surface area (Å²) in [5, 5.41) is 3.54. The molecule has 0 aliphatic heterocycles. The molecule has 3 aliphatic rings. The number of ether oxygens (including phenoxy) is 1. The SMILES string of the molecule is COC(=O)C1C2CCC(CC2)C1Nc1cc(-c2ccc(F)cc2)nc(Cl)n1. The van der Waals surface area contributed by atoms with Crippen molar-refractivity contribution in [3.8, 4) is 11.3 Å². The zero-order valence-electron chi connectivity index (χ0n) is 15.0. The van der Waals surface area contributed by atoms with Gasteiger partial charge in [0, 0.05) is 17.7 Å². The number of nitrogens with one attached hydrogen (secondary N) is 1. The van der Waals surface area contributed by atoms with Crippen LogP contribution in [0.15, 0.2) is 30.3 Å². The first-order valence-electron chi connectivity index (χ1n) is 9.20. The van der Waals surface area contributed by atoms with Crippen LogP contribution in [-0.4, -0.2) is 29.1 Å². The second-order valence-corrected chi connectivity index (χ2v) is 7.65. The first-order chi connectivity index (χ1) is 13.0. The number of nitrogens with zero attached hydrogens (tertiary/aromatic N) is 2. The van der Waals surface area contributed by atoms with Crippen molar-refractivity contribution in [2.45, 2.75) is 31.7 Å². The molecule has 7 heteroatoms. The molecule has 2 atom stereocenters. The van der Waals surface area contributed by atoms with Crippen molar-refractivity contribution in [2.24, 2.45) is 17.8 Å². The van der Waals surface area contributed by atoms with Gasteiger partial charge >= 0.3 is 5.97 Å². The zero-order chi connectivity index (χ0) is 19.0. The second kappa shape index (κ2) is 7.43. The van der Waals surface area contributed by atoms with Crippen molar-refractivity contribution in [1.82, 2.24) is 9.97 Å². The minimum absolute atomic E-state index is 0.0306. The number of fused-ring (bicyclic) bond motifs is 3. The molecule has 0 amide bonds. The molecule has 3 saturated carbocycles. The Hall–Kier alpha value is -2.21. The van der Waals surface area contributed by atoms with Gasteiger partial charge in [0.2, 0.25) is 5.28 Å². The molecule has 1 aromatic heterocycles. The third kappa shape index (κ3) is 3.63. The second-order valence-electron chi connectivity index (χ2n) is 7.31. The first kappa shape index (κ1) is 18.2. The van der Waals surface area contributed by atoms with Crippen LogP contribution in [0.1, 0.15) is 25.7 Å². The Morgan fingerprint density at radius 1 is 1.15 bits per heavy atom. The standard InChI is InChI=1S/C20H21ClFN3O2/c1-27-19(26)17-12-2-4-13(5-3-12)18(17)24-16-10-15(23-20(21)25-16)11-6-8-14(22)9-7-11/h6-10,12-13,17-18H,2-5H2,1H3,(H,23,24,25). The lowest BCUT2D eigenvalue weighted by Crippen LogP contribution is -2.51. The molecule has 3 fully saturated rings. The molecule has 5 nitrogen and oxygen atoms in total. The smallest absolute Gasteiger partial charge is 0.311 e. The van der Waals surface area contributed by atoms with Gasteiger partial charge in [-0.1, -0.05) is 0 Å². The zero-order valence-corrected chi connectivity index (χ0v) is 15.7. The molecule has 0 spiro atoms. The van der Waals surface area contributed by atoms with E-state index in [0.29, 0.717) is 23.3 Å². The largest absolute Gasteiger partial charge is 0.469 e. The molecular weight excluding hydrogens is 369 g/mol. The number of hydrogen-bond donors (Lipinski definition) is 1. The van der Waals surface area contributed by atoms with Gasteiger partial charge in [0.15, 0.2) is 0 Å². The van der Waals surface area contributed by atoms with Crippen molar-refractivity contribution < 1.29 is 13.9 Å². The Morgan fingerprint density at radius 2 is 1.81 bits per heavy atom. The van der Waals surface area contributed by atoms with Crippen LogP contribution in [0.2, 0.25) is 5.28 Å². The Balaban J connectivity index is 1.63. The van der Waals surface area contributed by atoms with E-state index >= 15 is 0 Å². The molecule has 2 unspecified atom stereocenters. The maximum absolute atomic E-state index is 13.2. The van der Waals surface area contributed by atoms with Crippen LogP contribution in [0.5, 0.6) is 0 Å². The maximum atomic E-state index is 13.2. The van der Waals surface area contributed by atoms with E-state index in [4.69, 9.17) is 16.3 Å². The van der Waals surface area contributed by atoms with Crippen LogP contribution in [0.4, 0.5) is 10.2 Å². The van der Waals surface area contributed by atoms with E-state index in [-0.39, 0.29) is 29.0 Å². The summed E-state index contributed by atoms with van der Waals surface area (Å²) in [5.41, 5.74) is 1.35. The monoisotopic (exact) mass is 389 g/mol. The minimum atomic E-state index is -0.309. The summed E-state index contributed by atoms with van der Waals surface area (Å²) in [6.45, 7) is 0. The molecule has 0 radical (unpaired) electrons. The Bertz CT molecular complexity index is 838. The van der Waals surface area contributed by atoms with Gasteiger partial charge in [-0.15, -0.1) is 0 Å². The molecule has 1 aromatic carbocycles. The van der Waals surface area contributed by atoms with Gasteiger partial charge in [0.05, 0.1) is 18.7 Å². The number of benzene rings is 1. The lowest BCUT2D eigenvalue weighted by atomic mass is 9.61. The van der Waals surface area contributed by atoms with Crippen LogP contribution in [0, 0.1) is 23.6 Å². The van der Waals surface area contributed by atoms with Gasteiger partial charge in [-0.3, -0.25) is 4.79 Å². The van der Waals surface area contributed by atoms with E-state index in [0.717, 1.165) is 31.2 Å². The topological polar surface area (TPSA) is 64.1 Å². The molecule has 1 N–H and O–H groups in total. The lowest BCUT2D eigenvalue weighted by molar-refractivity contribution is -0.152. The third-order valence-electron chi connectivity index (χ3n) is 5.85. The predicted octanol–water partition coefficient (Wildman–Crippen LogP) is 4.33. The van der Waals surface area contributed by atoms with Gasteiger partial charge in [-0.05, 0) is 73.4 Å². The summed E-state index contributed by atoms with van der Waals surface area (Å²) in [5.74, 6) is 0.666. The molecule has 2 aromatic rings. The molecule has 0 saturated heterocycles. The van der Waals surface area contributed by atoms with Crippen LogP contribution < -0.4 is 5.32 Å². The molecule has 27 heavy (non-hydrogen) atoms. The highest BCUT2D eigenvalue weighted by molar-refractivity contribution is 6.28. The Labute approximate surface area is 162 Å². The molecule has 1 heterocycles. The fraction of sp³-hybridized carbons (Fsp3) is 0.450. The van der Waals surface area contributed by atoms with Crippen molar-refractivity contribution in [3.63, 3.8) is 0 Å². The highest BCUT2D eigenvalue weighted by atomic mass is 35.5. The number of esters is 1. The number of carbonyl (C=O) groups is 1. The number of methoxy groups -OCH3 is 1. The van der Waals surface area contributed by atoms with Crippen molar-refractivity contribution in [1.29, 1.82) is 0 Å². The fourth-order valence-electron chi connectivity index (χ4n) is 4.56. The number of hydrogen-bond acceptors (Lipinski definition) is 5. The van der Waals surface area contributed by atoms with Crippen LogP contribution in [0.25, 0.3) is 11.3 Å². The van der Waals surface area contributed by atoms with Crippen LogP contribution >= 0.6 is 11.6 Å².